The monoisotopic (exact) mass is 270 g/mol. The molecule has 0 bridgehead atoms. The first-order valence-corrected chi connectivity index (χ1v) is 6.00. The van der Waals surface area contributed by atoms with Gasteiger partial charge in [-0.2, -0.15) is 0 Å². The Labute approximate surface area is 116 Å². The van der Waals surface area contributed by atoms with Crippen molar-refractivity contribution in [1.82, 2.24) is 0 Å². The van der Waals surface area contributed by atoms with E-state index < -0.39 is 5.91 Å². The second-order valence-electron chi connectivity index (χ2n) is 4.18. The van der Waals surface area contributed by atoms with Crippen LogP contribution in [0.2, 0.25) is 0 Å². The molecule has 5 nitrogen and oxygen atoms in total. The Kier molecular flexibility index (Phi) is 4.00. The van der Waals surface area contributed by atoms with Crippen LogP contribution < -0.4 is 11.1 Å². The van der Waals surface area contributed by atoms with Gasteiger partial charge in [-0.05, 0) is 37.3 Å². The Morgan fingerprint density at radius 3 is 2.60 bits per heavy atom. The maximum absolute atomic E-state index is 11.8. The zero-order valence-electron chi connectivity index (χ0n) is 10.9. The lowest BCUT2D eigenvalue weighted by Gasteiger charge is -2.06. The molecular formula is C15H14N2O3. The Hall–Kier alpha value is -2.82. The minimum Gasteiger partial charge on any atom is -0.462 e. The molecule has 5 heteroatoms. The van der Waals surface area contributed by atoms with Crippen LogP contribution in [0, 0.1) is 6.92 Å². The average molecular weight is 270 g/mol. The van der Waals surface area contributed by atoms with Gasteiger partial charge in [0.15, 0.2) is 0 Å². The molecule has 20 heavy (non-hydrogen) atoms. The van der Waals surface area contributed by atoms with E-state index >= 15 is 0 Å². The lowest BCUT2D eigenvalue weighted by atomic mass is 10.1. The van der Waals surface area contributed by atoms with Gasteiger partial charge < -0.3 is 15.5 Å². The molecule has 2 aromatic rings. The highest BCUT2D eigenvalue weighted by Gasteiger charge is 2.08. The number of benzene rings is 1. The van der Waals surface area contributed by atoms with Crippen molar-refractivity contribution in [3.63, 3.8) is 0 Å². The number of primary amides is 1. The van der Waals surface area contributed by atoms with Gasteiger partial charge in [0, 0.05) is 6.08 Å². The molecule has 102 valence electrons. The zero-order chi connectivity index (χ0) is 14.5. The van der Waals surface area contributed by atoms with Crippen molar-refractivity contribution in [3.8, 4) is 0 Å². The third kappa shape index (κ3) is 3.35. The predicted molar refractivity (Wildman–Crippen MR) is 76.1 cm³/mol. The summed E-state index contributed by atoms with van der Waals surface area (Å²) in [6.45, 7) is 1.82. The number of hydrogen-bond acceptors (Lipinski definition) is 3. The molecule has 2 rings (SSSR count). The van der Waals surface area contributed by atoms with E-state index in [0.29, 0.717) is 11.4 Å². The van der Waals surface area contributed by atoms with E-state index in [-0.39, 0.29) is 11.5 Å². The van der Waals surface area contributed by atoms with Crippen molar-refractivity contribution < 1.29 is 14.0 Å². The summed E-state index contributed by atoms with van der Waals surface area (Å²) < 4.78 is 5.31. The minimum atomic E-state index is -0.591. The topological polar surface area (TPSA) is 85.3 Å². The summed E-state index contributed by atoms with van der Waals surface area (Å²) >= 11 is 0. The number of amides is 2. The van der Waals surface area contributed by atoms with Gasteiger partial charge in [-0.3, -0.25) is 9.59 Å². The quantitative estimate of drug-likeness (QED) is 0.836. The maximum Gasteiger partial charge on any atom is 0.250 e. The number of nitrogens with one attached hydrogen (secondary N) is 1. The van der Waals surface area contributed by atoms with Crippen LogP contribution in [0.15, 0.2) is 46.9 Å². The number of nitrogens with two attached hydrogens (primary N) is 1. The van der Waals surface area contributed by atoms with Crippen LogP contribution >= 0.6 is 0 Å². The highest BCUT2D eigenvalue weighted by atomic mass is 16.3. The number of carbonyl (C=O) groups excluding carboxylic acids is 2. The molecule has 2 amide bonds. The molecule has 0 aliphatic heterocycles. The lowest BCUT2D eigenvalue weighted by Crippen LogP contribution is -2.16. The summed E-state index contributed by atoms with van der Waals surface area (Å²) in [7, 11) is 0. The van der Waals surface area contributed by atoms with Crippen LogP contribution in [0.25, 0.3) is 6.08 Å². The number of para-hydroxylation sites is 1. The van der Waals surface area contributed by atoms with Gasteiger partial charge in [0.2, 0.25) is 5.91 Å². The first kappa shape index (κ1) is 13.6. The molecular weight excluding hydrogens is 256 g/mol. The van der Waals surface area contributed by atoms with E-state index in [2.05, 4.69) is 5.32 Å². The average Bonchev–Trinajstić information content (AvgIpc) is 2.83. The third-order valence-corrected chi connectivity index (χ3v) is 2.61. The summed E-state index contributed by atoms with van der Waals surface area (Å²) in [6.07, 6.45) is 2.88. The van der Waals surface area contributed by atoms with Gasteiger partial charge in [0.1, 0.15) is 11.5 Å². The van der Waals surface area contributed by atoms with E-state index in [1.165, 1.54) is 6.08 Å². The summed E-state index contributed by atoms with van der Waals surface area (Å²) in [5, 5.41) is 2.60. The molecule has 0 saturated carbocycles. The van der Waals surface area contributed by atoms with Crippen LogP contribution in [0.5, 0.6) is 0 Å². The summed E-state index contributed by atoms with van der Waals surface area (Å²) in [5.74, 6) is 0.393. The van der Waals surface area contributed by atoms with E-state index in [4.69, 9.17) is 10.2 Å². The molecule has 0 fully saturated rings. The van der Waals surface area contributed by atoms with Gasteiger partial charge in [0.25, 0.3) is 5.91 Å². The normalized spacial score (nSPS) is 10.7. The van der Waals surface area contributed by atoms with Crippen molar-refractivity contribution in [2.75, 3.05) is 5.32 Å². The second-order valence-corrected chi connectivity index (χ2v) is 4.18. The fourth-order valence-electron chi connectivity index (χ4n) is 1.68. The Morgan fingerprint density at radius 1 is 1.20 bits per heavy atom. The van der Waals surface area contributed by atoms with Crippen LogP contribution in [0.3, 0.4) is 0 Å². The largest absolute Gasteiger partial charge is 0.462 e. The zero-order valence-corrected chi connectivity index (χ0v) is 10.9. The third-order valence-electron chi connectivity index (χ3n) is 2.61. The van der Waals surface area contributed by atoms with Crippen LogP contribution in [-0.2, 0) is 4.79 Å². The van der Waals surface area contributed by atoms with Crippen molar-refractivity contribution in [2.24, 2.45) is 5.73 Å². The van der Waals surface area contributed by atoms with Crippen molar-refractivity contribution in [3.05, 3.63) is 59.6 Å². The van der Waals surface area contributed by atoms with E-state index in [9.17, 15) is 9.59 Å². The molecule has 0 atom stereocenters. The molecule has 0 radical (unpaired) electrons. The Bertz CT molecular complexity index is 671. The number of hydrogen-bond donors (Lipinski definition) is 2. The molecule has 0 unspecified atom stereocenters. The van der Waals surface area contributed by atoms with Gasteiger partial charge in [-0.1, -0.05) is 12.1 Å². The molecule has 1 aromatic carbocycles. The first-order chi connectivity index (χ1) is 9.56. The van der Waals surface area contributed by atoms with E-state index in [1.807, 2.05) is 6.92 Å². The van der Waals surface area contributed by atoms with E-state index in [0.717, 1.165) is 5.76 Å². The number of furan rings is 1. The molecule has 0 aliphatic rings. The fourth-order valence-corrected chi connectivity index (χ4v) is 1.68. The second kappa shape index (κ2) is 5.88. The van der Waals surface area contributed by atoms with Gasteiger partial charge in [-0.15, -0.1) is 0 Å². The summed E-state index contributed by atoms with van der Waals surface area (Å²) in [6, 6.07) is 10.1. The SMILES string of the molecule is Cc1ccc(C=CC(=O)Nc2ccccc2C(N)=O)o1. The van der Waals surface area contributed by atoms with E-state index in [1.54, 1.807) is 42.5 Å². The summed E-state index contributed by atoms with van der Waals surface area (Å²) in [5.41, 5.74) is 5.88. The molecule has 0 aliphatic carbocycles. The number of rotatable bonds is 4. The standard InChI is InChI=1S/C15H14N2O3/c1-10-6-7-11(20-10)8-9-14(18)17-13-5-3-2-4-12(13)15(16)19/h2-9H,1H3,(H2,16,19)(H,17,18). The number of anilines is 1. The number of carbonyl (C=O) groups is 2. The lowest BCUT2D eigenvalue weighted by molar-refractivity contribution is -0.111. The number of aryl methyl sites for hydroxylation is 1. The van der Waals surface area contributed by atoms with Gasteiger partial charge >= 0.3 is 0 Å². The van der Waals surface area contributed by atoms with Crippen molar-refractivity contribution in [2.45, 2.75) is 6.92 Å². The predicted octanol–water partition coefficient (Wildman–Crippen LogP) is 2.34. The molecule has 1 heterocycles. The molecule has 3 N–H and O–H groups in total. The van der Waals surface area contributed by atoms with Crippen LogP contribution in [-0.4, -0.2) is 11.8 Å². The first-order valence-electron chi connectivity index (χ1n) is 6.00. The molecule has 0 spiro atoms. The molecule has 1 aromatic heterocycles. The van der Waals surface area contributed by atoms with Gasteiger partial charge in [-0.25, -0.2) is 0 Å². The highest BCUT2D eigenvalue weighted by molar-refractivity contribution is 6.07. The Balaban J connectivity index is 2.09. The molecule has 0 saturated heterocycles. The summed E-state index contributed by atoms with van der Waals surface area (Å²) in [4.78, 5) is 23.0. The van der Waals surface area contributed by atoms with Gasteiger partial charge in [0.05, 0.1) is 11.3 Å². The van der Waals surface area contributed by atoms with Crippen LogP contribution in [0.4, 0.5) is 5.69 Å². The highest BCUT2D eigenvalue weighted by Crippen LogP contribution is 2.14. The smallest absolute Gasteiger partial charge is 0.250 e. The maximum atomic E-state index is 11.8. The van der Waals surface area contributed by atoms with Crippen molar-refractivity contribution in [1.29, 1.82) is 0 Å². The minimum absolute atomic E-state index is 0.267. The van der Waals surface area contributed by atoms with Crippen molar-refractivity contribution >= 4 is 23.6 Å². The van der Waals surface area contributed by atoms with Crippen LogP contribution in [0.1, 0.15) is 21.9 Å². The fraction of sp³-hybridized carbons (Fsp3) is 0.0667. The Morgan fingerprint density at radius 2 is 1.95 bits per heavy atom.